The van der Waals surface area contributed by atoms with Crippen molar-refractivity contribution in [2.45, 2.75) is 13.0 Å². The Kier molecular flexibility index (Phi) is 4.15. The van der Waals surface area contributed by atoms with Crippen LogP contribution in [0.1, 0.15) is 29.4 Å². The van der Waals surface area contributed by atoms with Gasteiger partial charge in [0.1, 0.15) is 5.69 Å². The van der Waals surface area contributed by atoms with Gasteiger partial charge < -0.3 is 9.15 Å². The zero-order valence-corrected chi connectivity index (χ0v) is 14.0. The van der Waals surface area contributed by atoms with E-state index in [0.29, 0.717) is 5.89 Å². The van der Waals surface area contributed by atoms with Gasteiger partial charge in [-0.2, -0.15) is 0 Å². The van der Waals surface area contributed by atoms with E-state index in [1.807, 2.05) is 60.7 Å². The summed E-state index contributed by atoms with van der Waals surface area (Å²) in [6, 6.07) is 20.5. The van der Waals surface area contributed by atoms with E-state index in [1.54, 1.807) is 13.0 Å². The number of ether oxygens (including phenoxy) is 1. The van der Waals surface area contributed by atoms with Crippen LogP contribution in [-0.2, 0) is 4.74 Å². The molecule has 0 N–H and O–H groups in total. The Hall–Kier alpha value is -3.54. The van der Waals surface area contributed by atoms with Crippen LogP contribution in [0.4, 0.5) is 0 Å². The number of para-hydroxylation sites is 1. The zero-order valence-electron chi connectivity index (χ0n) is 14.0. The molecule has 128 valence electrons. The van der Waals surface area contributed by atoms with E-state index >= 15 is 0 Å². The summed E-state index contributed by atoms with van der Waals surface area (Å²) in [5, 5.41) is 8.94. The molecule has 6 heteroatoms. The maximum atomic E-state index is 12.4. The fourth-order valence-electron chi connectivity index (χ4n) is 2.55. The molecule has 0 aliphatic rings. The molecule has 4 rings (SSSR count). The molecule has 0 amide bonds. The summed E-state index contributed by atoms with van der Waals surface area (Å²) in [4.78, 5) is 16.7. The predicted molar refractivity (Wildman–Crippen MR) is 95.3 cm³/mol. The molecule has 0 aliphatic heterocycles. The molecule has 2 aromatic heterocycles. The van der Waals surface area contributed by atoms with Crippen LogP contribution in [0.3, 0.4) is 0 Å². The van der Waals surface area contributed by atoms with Gasteiger partial charge in [-0.25, -0.2) is 9.78 Å². The van der Waals surface area contributed by atoms with Gasteiger partial charge in [0.2, 0.25) is 5.89 Å². The molecule has 2 heterocycles. The Morgan fingerprint density at radius 1 is 0.962 bits per heavy atom. The average molecular weight is 345 g/mol. The van der Waals surface area contributed by atoms with E-state index < -0.39 is 12.1 Å². The van der Waals surface area contributed by atoms with Gasteiger partial charge in [-0.1, -0.05) is 42.5 Å². The van der Waals surface area contributed by atoms with Gasteiger partial charge in [0.25, 0.3) is 5.89 Å². The third-order valence-corrected chi connectivity index (χ3v) is 3.90. The van der Waals surface area contributed by atoms with Gasteiger partial charge in [-0.3, -0.25) is 0 Å². The Labute approximate surface area is 149 Å². The van der Waals surface area contributed by atoms with E-state index in [2.05, 4.69) is 15.2 Å². The molecule has 0 fully saturated rings. The molecule has 0 saturated carbocycles. The highest BCUT2D eigenvalue weighted by Crippen LogP contribution is 2.23. The van der Waals surface area contributed by atoms with Crippen molar-refractivity contribution in [2.24, 2.45) is 0 Å². The second-order valence-corrected chi connectivity index (χ2v) is 5.75. The molecule has 0 spiro atoms. The number of rotatable bonds is 4. The molecule has 1 atom stereocenters. The van der Waals surface area contributed by atoms with E-state index in [9.17, 15) is 4.79 Å². The summed E-state index contributed by atoms with van der Waals surface area (Å²) in [6.07, 6.45) is -0.680. The third-order valence-electron chi connectivity index (χ3n) is 3.90. The molecule has 2 aromatic carbocycles. The van der Waals surface area contributed by atoms with Crippen molar-refractivity contribution in [3.05, 3.63) is 78.3 Å². The minimum atomic E-state index is -0.680. The molecule has 0 radical (unpaired) electrons. The molecule has 0 unspecified atom stereocenters. The lowest BCUT2D eigenvalue weighted by molar-refractivity contribution is 0.0273. The van der Waals surface area contributed by atoms with Crippen molar-refractivity contribution in [3.63, 3.8) is 0 Å². The van der Waals surface area contributed by atoms with Crippen LogP contribution in [0.2, 0.25) is 0 Å². The first kappa shape index (κ1) is 16.0. The molecule has 6 nitrogen and oxygen atoms in total. The van der Waals surface area contributed by atoms with Gasteiger partial charge in [-0.05, 0) is 31.2 Å². The summed E-state index contributed by atoms with van der Waals surface area (Å²) in [7, 11) is 0. The lowest BCUT2D eigenvalue weighted by Gasteiger charge is -2.09. The number of hydrogen-bond donors (Lipinski definition) is 0. The topological polar surface area (TPSA) is 78.1 Å². The first-order valence-electron chi connectivity index (χ1n) is 8.16. The van der Waals surface area contributed by atoms with E-state index in [1.165, 1.54) is 0 Å². The summed E-state index contributed by atoms with van der Waals surface area (Å²) in [5.41, 5.74) is 1.78. The van der Waals surface area contributed by atoms with Gasteiger partial charge in [0, 0.05) is 10.9 Å². The minimum Gasteiger partial charge on any atom is -0.448 e. The molecular weight excluding hydrogens is 330 g/mol. The Morgan fingerprint density at radius 2 is 1.73 bits per heavy atom. The minimum absolute atomic E-state index is 0.234. The van der Waals surface area contributed by atoms with Gasteiger partial charge in [0.05, 0.1) is 5.52 Å². The van der Waals surface area contributed by atoms with E-state index in [4.69, 9.17) is 9.15 Å². The molecule has 26 heavy (non-hydrogen) atoms. The number of nitrogens with zero attached hydrogens (tertiary/aromatic N) is 3. The Bertz CT molecular complexity index is 1060. The first-order chi connectivity index (χ1) is 12.7. The monoisotopic (exact) mass is 345 g/mol. The van der Waals surface area contributed by atoms with Crippen molar-refractivity contribution in [3.8, 4) is 11.5 Å². The Balaban J connectivity index is 1.51. The van der Waals surface area contributed by atoms with Crippen molar-refractivity contribution in [1.82, 2.24) is 15.2 Å². The summed E-state index contributed by atoms with van der Waals surface area (Å²) >= 11 is 0. The predicted octanol–water partition coefficient (Wildman–Crippen LogP) is 4.20. The normalized spacial score (nSPS) is 12.0. The number of benzene rings is 2. The van der Waals surface area contributed by atoms with Gasteiger partial charge >= 0.3 is 5.97 Å². The molecular formula is C20H15N3O3. The lowest BCUT2D eigenvalue weighted by Crippen LogP contribution is -2.11. The number of esters is 1. The SMILES string of the molecule is C[C@H](OC(=O)c1ccc2ccccc2n1)c1nnc(-c2ccccc2)o1. The van der Waals surface area contributed by atoms with Crippen molar-refractivity contribution >= 4 is 16.9 Å². The lowest BCUT2D eigenvalue weighted by atomic mass is 10.2. The highest BCUT2D eigenvalue weighted by atomic mass is 16.6. The number of carbonyl (C=O) groups excluding carboxylic acids is 1. The quantitative estimate of drug-likeness (QED) is 0.516. The average Bonchev–Trinajstić information content (AvgIpc) is 3.18. The van der Waals surface area contributed by atoms with Crippen LogP contribution < -0.4 is 0 Å². The van der Waals surface area contributed by atoms with Gasteiger partial charge in [-0.15, -0.1) is 10.2 Å². The second-order valence-electron chi connectivity index (χ2n) is 5.75. The molecule has 4 aromatic rings. The highest BCUT2D eigenvalue weighted by molar-refractivity contribution is 5.91. The summed E-state index contributed by atoms with van der Waals surface area (Å²) in [5.74, 6) is 0.0769. The van der Waals surface area contributed by atoms with Crippen LogP contribution in [0.15, 0.2) is 71.1 Å². The standard InChI is InChI=1S/C20H15N3O3/c1-13(18-22-23-19(26-18)15-8-3-2-4-9-15)25-20(24)17-12-11-14-7-5-6-10-16(14)21-17/h2-13H,1H3/t13-/m0/s1. The third kappa shape index (κ3) is 3.17. The van der Waals surface area contributed by atoms with Gasteiger partial charge in [0.15, 0.2) is 6.10 Å². The Morgan fingerprint density at radius 3 is 2.58 bits per heavy atom. The van der Waals surface area contributed by atoms with Crippen LogP contribution in [0.25, 0.3) is 22.4 Å². The molecule has 0 aliphatic carbocycles. The van der Waals surface area contributed by atoms with Crippen LogP contribution in [0.5, 0.6) is 0 Å². The van der Waals surface area contributed by atoms with E-state index in [0.717, 1.165) is 16.5 Å². The second kappa shape index (κ2) is 6.76. The van der Waals surface area contributed by atoms with Crippen LogP contribution in [0, 0.1) is 0 Å². The fraction of sp³-hybridized carbons (Fsp3) is 0.100. The zero-order chi connectivity index (χ0) is 17.9. The van der Waals surface area contributed by atoms with Crippen LogP contribution >= 0.6 is 0 Å². The molecule has 0 saturated heterocycles. The summed E-state index contributed by atoms with van der Waals surface area (Å²) < 4.78 is 11.0. The maximum Gasteiger partial charge on any atom is 0.357 e. The number of aromatic nitrogens is 3. The largest absolute Gasteiger partial charge is 0.448 e. The first-order valence-corrected chi connectivity index (χ1v) is 8.16. The number of pyridine rings is 1. The van der Waals surface area contributed by atoms with Crippen LogP contribution in [-0.4, -0.2) is 21.2 Å². The number of hydrogen-bond acceptors (Lipinski definition) is 6. The highest BCUT2D eigenvalue weighted by Gasteiger charge is 2.20. The smallest absolute Gasteiger partial charge is 0.357 e. The molecule has 0 bridgehead atoms. The maximum absolute atomic E-state index is 12.4. The summed E-state index contributed by atoms with van der Waals surface area (Å²) in [6.45, 7) is 1.68. The van der Waals surface area contributed by atoms with E-state index in [-0.39, 0.29) is 11.6 Å². The van der Waals surface area contributed by atoms with Crippen molar-refractivity contribution in [2.75, 3.05) is 0 Å². The number of carbonyl (C=O) groups is 1. The fourth-order valence-corrected chi connectivity index (χ4v) is 2.55. The number of fused-ring (bicyclic) bond motifs is 1. The van der Waals surface area contributed by atoms with Crippen molar-refractivity contribution < 1.29 is 13.9 Å². The van der Waals surface area contributed by atoms with Crippen molar-refractivity contribution in [1.29, 1.82) is 0 Å².